The van der Waals surface area contributed by atoms with Crippen LogP contribution in [0.1, 0.15) is 18.4 Å². The fourth-order valence-electron chi connectivity index (χ4n) is 3.01. The Labute approximate surface area is 138 Å². The molecule has 0 unspecified atom stereocenters. The molecule has 1 aromatic heterocycles. The summed E-state index contributed by atoms with van der Waals surface area (Å²) >= 11 is 0. The molecule has 2 heterocycles. The average Bonchev–Trinajstić information content (AvgIpc) is 2.61. The maximum absolute atomic E-state index is 13.6. The molecule has 1 aliphatic rings. The Morgan fingerprint density at radius 2 is 2.08 bits per heavy atom. The third-order valence-electron chi connectivity index (χ3n) is 4.45. The van der Waals surface area contributed by atoms with Crippen LogP contribution in [0, 0.1) is 15.9 Å². The van der Waals surface area contributed by atoms with Crippen molar-refractivity contribution in [1.82, 2.24) is 4.98 Å². The van der Waals surface area contributed by atoms with Gasteiger partial charge in [-0.3, -0.25) is 10.1 Å². The molecule has 1 saturated heterocycles. The summed E-state index contributed by atoms with van der Waals surface area (Å²) < 4.78 is 19.1. The molecule has 7 heteroatoms. The van der Waals surface area contributed by atoms with Crippen LogP contribution in [-0.2, 0) is 10.2 Å². The van der Waals surface area contributed by atoms with Gasteiger partial charge in [-0.1, -0.05) is 12.1 Å². The van der Waals surface area contributed by atoms with Gasteiger partial charge >= 0.3 is 0 Å². The first-order chi connectivity index (χ1) is 11.6. The molecule has 0 spiro atoms. The quantitative estimate of drug-likeness (QED) is 0.672. The monoisotopic (exact) mass is 331 g/mol. The fraction of sp³-hybridized carbons (Fsp3) is 0.353. The average molecular weight is 331 g/mol. The maximum atomic E-state index is 13.6. The highest BCUT2D eigenvalue weighted by molar-refractivity contribution is 5.41. The molecule has 126 valence electrons. The van der Waals surface area contributed by atoms with Crippen LogP contribution in [0.15, 0.2) is 42.6 Å². The lowest BCUT2D eigenvalue weighted by Crippen LogP contribution is -2.40. The van der Waals surface area contributed by atoms with Crippen LogP contribution < -0.4 is 5.32 Å². The van der Waals surface area contributed by atoms with E-state index in [-0.39, 0.29) is 16.9 Å². The molecule has 0 atom stereocenters. The molecule has 0 bridgehead atoms. The van der Waals surface area contributed by atoms with Gasteiger partial charge in [0.05, 0.1) is 4.92 Å². The van der Waals surface area contributed by atoms with E-state index in [4.69, 9.17) is 4.74 Å². The molecule has 6 nitrogen and oxygen atoms in total. The van der Waals surface area contributed by atoms with Crippen LogP contribution in [0.25, 0.3) is 0 Å². The van der Waals surface area contributed by atoms with E-state index in [1.165, 1.54) is 18.3 Å². The molecule has 1 N–H and O–H groups in total. The van der Waals surface area contributed by atoms with Gasteiger partial charge in [0.15, 0.2) is 0 Å². The molecular formula is C17H18FN3O3. The van der Waals surface area contributed by atoms with Gasteiger partial charge in [0.25, 0.3) is 5.69 Å². The van der Waals surface area contributed by atoms with E-state index >= 15 is 0 Å². The van der Waals surface area contributed by atoms with Crippen molar-refractivity contribution in [2.24, 2.45) is 0 Å². The van der Waals surface area contributed by atoms with Gasteiger partial charge in [0.2, 0.25) is 0 Å². The summed E-state index contributed by atoms with van der Waals surface area (Å²) in [7, 11) is 0. The normalized spacial score (nSPS) is 16.5. The first-order valence-electron chi connectivity index (χ1n) is 7.77. The van der Waals surface area contributed by atoms with E-state index < -0.39 is 4.92 Å². The minimum atomic E-state index is -0.483. The van der Waals surface area contributed by atoms with Crippen molar-refractivity contribution in [3.8, 4) is 0 Å². The first-order valence-corrected chi connectivity index (χ1v) is 7.77. The van der Waals surface area contributed by atoms with Crippen LogP contribution in [0.5, 0.6) is 0 Å². The Balaban J connectivity index is 1.78. The molecule has 1 aliphatic heterocycles. The third-order valence-corrected chi connectivity index (χ3v) is 4.45. The second kappa shape index (κ2) is 6.92. The molecule has 0 radical (unpaired) electrons. The summed E-state index contributed by atoms with van der Waals surface area (Å²) in [6.45, 7) is 1.79. The van der Waals surface area contributed by atoms with Crippen molar-refractivity contribution in [3.05, 3.63) is 64.1 Å². The Kier molecular flexibility index (Phi) is 4.71. The number of nitrogens with zero attached hydrogens (tertiary/aromatic N) is 2. The fourth-order valence-corrected chi connectivity index (χ4v) is 3.01. The number of benzene rings is 1. The van der Waals surface area contributed by atoms with Gasteiger partial charge in [0.1, 0.15) is 17.8 Å². The summed E-state index contributed by atoms with van der Waals surface area (Å²) in [5.74, 6) is 0.301. The third kappa shape index (κ3) is 3.51. The van der Waals surface area contributed by atoms with Crippen molar-refractivity contribution < 1.29 is 14.1 Å². The van der Waals surface area contributed by atoms with Crippen molar-refractivity contribution in [1.29, 1.82) is 0 Å². The molecule has 3 rings (SSSR count). The lowest BCUT2D eigenvalue weighted by atomic mass is 9.74. The number of aromatic nitrogens is 1. The van der Waals surface area contributed by atoms with Crippen LogP contribution in [0.2, 0.25) is 0 Å². The highest BCUT2D eigenvalue weighted by Crippen LogP contribution is 2.35. The van der Waals surface area contributed by atoms with Crippen LogP contribution in [0.3, 0.4) is 0 Å². The molecule has 0 saturated carbocycles. The number of hydrogen-bond acceptors (Lipinski definition) is 5. The van der Waals surface area contributed by atoms with Crippen molar-refractivity contribution in [3.63, 3.8) is 0 Å². The molecule has 0 aliphatic carbocycles. The zero-order chi connectivity index (χ0) is 17.0. The number of nitrogens with one attached hydrogen (secondary N) is 1. The highest BCUT2D eigenvalue weighted by atomic mass is 19.1. The highest BCUT2D eigenvalue weighted by Gasteiger charge is 2.34. The van der Waals surface area contributed by atoms with E-state index in [1.54, 1.807) is 18.2 Å². The van der Waals surface area contributed by atoms with Crippen LogP contribution in [-0.4, -0.2) is 29.7 Å². The summed E-state index contributed by atoms with van der Waals surface area (Å²) in [6.07, 6.45) is 2.77. The smallest absolute Gasteiger partial charge is 0.287 e. The number of ether oxygens (including phenoxy) is 1. The number of hydrogen-bond donors (Lipinski definition) is 1. The van der Waals surface area contributed by atoms with Gasteiger partial charge in [-0.05, 0) is 36.6 Å². The van der Waals surface area contributed by atoms with Gasteiger partial charge in [-0.2, -0.15) is 0 Å². The summed E-state index contributed by atoms with van der Waals surface area (Å²) in [5.41, 5.74) is 0.635. The number of anilines is 1. The Hall–Kier alpha value is -2.54. The summed E-state index contributed by atoms with van der Waals surface area (Å²) in [5, 5.41) is 13.9. The molecule has 1 fully saturated rings. The van der Waals surface area contributed by atoms with Gasteiger partial charge < -0.3 is 10.1 Å². The first kappa shape index (κ1) is 16.3. The van der Waals surface area contributed by atoms with E-state index in [0.29, 0.717) is 25.6 Å². The predicted octanol–water partition coefficient (Wildman–Crippen LogP) is 3.29. The topological polar surface area (TPSA) is 77.3 Å². The second-order valence-electron chi connectivity index (χ2n) is 5.92. The van der Waals surface area contributed by atoms with Crippen molar-refractivity contribution in [2.45, 2.75) is 18.3 Å². The van der Waals surface area contributed by atoms with Crippen LogP contribution in [0.4, 0.5) is 15.9 Å². The number of halogens is 1. The lowest BCUT2D eigenvalue weighted by molar-refractivity contribution is -0.385. The van der Waals surface area contributed by atoms with E-state index in [9.17, 15) is 14.5 Å². The summed E-state index contributed by atoms with van der Waals surface area (Å²) in [6, 6.07) is 9.63. The largest absolute Gasteiger partial charge is 0.381 e. The molecule has 1 aromatic carbocycles. The maximum Gasteiger partial charge on any atom is 0.287 e. The molecular weight excluding hydrogens is 313 g/mol. The Morgan fingerprint density at radius 3 is 2.71 bits per heavy atom. The standard InChI is InChI=1S/C17H18FN3O3/c18-14-3-1-2-13(10-14)17(6-8-24-9-7-17)12-20-16-5-4-15(11-19-16)21(22)23/h1-5,10-11H,6-9,12H2,(H,19,20). The number of nitro groups is 1. The van der Waals surface area contributed by atoms with Crippen molar-refractivity contribution in [2.75, 3.05) is 25.1 Å². The van der Waals surface area contributed by atoms with Crippen molar-refractivity contribution >= 4 is 11.5 Å². The minimum Gasteiger partial charge on any atom is -0.381 e. The lowest BCUT2D eigenvalue weighted by Gasteiger charge is -2.38. The Bertz CT molecular complexity index is 715. The SMILES string of the molecule is O=[N+]([O-])c1ccc(NCC2(c3cccc(F)c3)CCOCC2)nc1. The second-order valence-corrected chi connectivity index (χ2v) is 5.92. The zero-order valence-corrected chi connectivity index (χ0v) is 13.1. The van der Waals surface area contributed by atoms with E-state index in [0.717, 1.165) is 18.4 Å². The molecule has 0 amide bonds. The van der Waals surface area contributed by atoms with Crippen LogP contribution >= 0.6 is 0 Å². The zero-order valence-electron chi connectivity index (χ0n) is 13.1. The summed E-state index contributed by atoms with van der Waals surface area (Å²) in [4.78, 5) is 14.3. The van der Waals surface area contributed by atoms with Gasteiger partial charge in [-0.15, -0.1) is 0 Å². The minimum absolute atomic E-state index is 0.0496. The Morgan fingerprint density at radius 1 is 1.29 bits per heavy atom. The predicted molar refractivity (Wildman–Crippen MR) is 87.5 cm³/mol. The molecule has 24 heavy (non-hydrogen) atoms. The van der Waals surface area contributed by atoms with Gasteiger partial charge in [0, 0.05) is 31.2 Å². The number of pyridine rings is 1. The number of rotatable bonds is 5. The molecule has 2 aromatic rings. The van der Waals surface area contributed by atoms with E-state index in [1.807, 2.05) is 6.07 Å². The van der Waals surface area contributed by atoms with Gasteiger partial charge in [-0.25, -0.2) is 9.37 Å². The van der Waals surface area contributed by atoms with E-state index in [2.05, 4.69) is 10.3 Å².